The highest BCUT2D eigenvalue weighted by molar-refractivity contribution is 6.31. The molecule has 0 aliphatic carbocycles. The predicted molar refractivity (Wildman–Crippen MR) is 135 cm³/mol. The van der Waals surface area contributed by atoms with E-state index >= 15 is 0 Å². The average molecular weight is 546 g/mol. The van der Waals surface area contributed by atoms with Crippen molar-refractivity contribution in [1.82, 2.24) is 19.8 Å². The second-order valence-electron chi connectivity index (χ2n) is 8.71. The Morgan fingerprint density at radius 2 is 1.89 bits per heavy atom. The minimum Gasteiger partial charge on any atom is -0.395 e. The van der Waals surface area contributed by atoms with Crippen LogP contribution in [0.2, 0.25) is 10.0 Å². The molecule has 0 bridgehead atoms. The minimum atomic E-state index is -4.63. The van der Waals surface area contributed by atoms with Gasteiger partial charge in [0.1, 0.15) is 5.82 Å². The lowest BCUT2D eigenvalue weighted by Gasteiger charge is -2.38. The average Bonchev–Trinajstić information content (AvgIpc) is 3.19. The molecule has 2 aromatic heterocycles. The molecule has 36 heavy (non-hydrogen) atoms. The van der Waals surface area contributed by atoms with Gasteiger partial charge in [0.05, 0.1) is 24.3 Å². The van der Waals surface area contributed by atoms with Crippen LogP contribution >= 0.6 is 23.2 Å². The summed E-state index contributed by atoms with van der Waals surface area (Å²) in [5.74, 6) is 0.100. The summed E-state index contributed by atoms with van der Waals surface area (Å²) in [5.41, 5.74) is 2.09. The van der Waals surface area contributed by atoms with Gasteiger partial charge in [0.25, 0.3) is 0 Å². The second kappa shape index (κ2) is 11.5. The van der Waals surface area contributed by atoms with E-state index in [9.17, 15) is 23.4 Å². The highest BCUT2D eigenvalue weighted by Crippen LogP contribution is 2.36. The van der Waals surface area contributed by atoms with Crippen LogP contribution in [-0.4, -0.2) is 82.5 Å². The molecule has 1 aliphatic heterocycles. The van der Waals surface area contributed by atoms with Gasteiger partial charge in [-0.1, -0.05) is 23.2 Å². The van der Waals surface area contributed by atoms with Crippen molar-refractivity contribution >= 4 is 39.9 Å². The number of pyridine rings is 1. The zero-order valence-corrected chi connectivity index (χ0v) is 21.0. The van der Waals surface area contributed by atoms with Crippen LogP contribution in [0.3, 0.4) is 0 Å². The van der Waals surface area contributed by atoms with Crippen molar-refractivity contribution in [2.24, 2.45) is 0 Å². The first-order valence-electron chi connectivity index (χ1n) is 11.7. The van der Waals surface area contributed by atoms with E-state index in [1.165, 1.54) is 17.7 Å². The van der Waals surface area contributed by atoms with Gasteiger partial charge < -0.3 is 20.5 Å². The summed E-state index contributed by atoms with van der Waals surface area (Å²) in [6.07, 6.45) is -3.85. The molecule has 1 aromatic carbocycles. The Balaban J connectivity index is 1.55. The number of benzene rings is 1. The number of nitrogens with zero attached hydrogens (tertiary/aromatic N) is 3. The van der Waals surface area contributed by atoms with Gasteiger partial charge in [-0.15, -0.1) is 0 Å². The zero-order valence-electron chi connectivity index (χ0n) is 19.5. The zero-order chi connectivity index (χ0) is 25.9. The standard InChI is InChI=1S/C24H28Cl2F3N5O2/c25-15-1-3-19-17(13-15)16-5-7-34(20(22(16)31-19)14-33(9-11-35)10-12-36)8-6-30-21-4-2-18(26)23(32-21)24(27,28)29/h1-4,13,20,31,35-36H,5-12,14H2,(H,30,32). The Kier molecular flexibility index (Phi) is 8.64. The molecule has 4 N–H and O–H groups in total. The SMILES string of the molecule is OCCN(CCO)CC1c2[nH]c3ccc(Cl)cc3c2CCN1CCNc1ccc(Cl)c(C(F)(F)F)n1. The molecule has 0 spiro atoms. The molecule has 7 nitrogen and oxygen atoms in total. The lowest BCUT2D eigenvalue weighted by molar-refractivity contribution is -0.141. The first kappa shape index (κ1) is 27.0. The van der Waals surface area contributed by atoms with E-state index in [-0.39, 0.29) is 25.1 Å². The summed E-state index contributed by atoms with van der Waals surface area (Å²) in [7, 11) is 0. The summed E-state index contributed by atoms with van der Waals surface area (Å²) in [4.78, 5) is 11.4. The molecular weight excluding hydrogens is 518 g/mol. The van der Waals surface area contributed by atoms with Gasteiger partial charge in [0.2, 0.25) is 0 Å². The molecule has 1 unspecified atom stereocenters. The number of fused-ring (bicyclic) bond motifs is 3. The molecule has 1 atom stereocenters. The van der Waals surface area contributed by atoms with Gasteiger partial charge in [-0.25, -0.2) is 4.98 Å². The number of aromatic nitrogens is 2. The lowest BCUT2D eigenvalue weighted by Crippen LogP contribution is -2.45. The first-order valence-corrected chi connectivity index (χ1v) is 12.4. The van der Waals surface area contributed by atoms with E-state index in [2.05, 4.69) is 20.2 Å². The maximum atomic E-state index is 13.2. The van der Waals surface area contributed by atoms with Gasteiger partial charge >= 0.3 is 6.18 Å². The Bertz CT molecular complexity index is 1180. The summed E-state index contributed by atoms with van der Waals surface area (Å²) in [5, 5.41) is 23.3. The molecule has 3 heterocycles. The second-order valence-corrected chi connectivity index (χ2v) is 9.55. The van der Waals surface area contributed by atoms with E-state index in [1.54, 1.807) is 0 Å². The number of alkyl halides is 3. The molecule has 12 heteroatoms. The van der Waals surface area contributed by atoms with Crippen LogP contribution in [0.4, 0.5) is 19.0 Å². The number of rotatable bonds is 10. The molecule has 0 saturated carbocycles. The fourth-order valence-corrected chi connectivity index (χ4v) is 5.14. The Morgan fingerprint density at radius 3 is 2.58 bits per heavy atom. The Hall–Kier alpha value is -2.08. The third-order valence-electron chi connectivity index (χ3n) is 6.41. The number of hydrogen-bond donors (Lipinski definition) is 4. The number of aromatic amines is 1. The van der Waals surface area contributed by atoms with Gasteiger partial charge in [-0.05, 0) is 42.3 Å². The Morgan fingerprint density at radius 1 is 1.14 bits per heavy atom. The molecular formula is C24H28Cl2F3N5O2. The number of hydrogen-bond acceptors (Lipinski definition) is 6. The van der Waals surface area contributed by atoms with Crippen molar-refractivity contribution in [3.05, 3.63) is 57.3 Å². The van der Waals surface area contributed by atoms with Crippen molar-refractivity contribution in [2.75, 3.05) is 57.8 Å². The molecule has 0 amide bonds. The normalized spacial score (nSPS) is 16.6. The van der Waals surface area contributed by atoms with Crippen molar-refractivity contribution in [3.63, 3.8) is 0 Å². The molecule has 0 saturated heterocycles. The van der Waals surface area contributed by atoms with Crippen molar-refractivity contribution < 1.29 is 23.4 Å². The highest BCUT2D eigenvalue weighted by atomic mass is 35.5. The summed E-state index contributed by atoms with van der Waals surface area (Å²) >= 11 is 11.9. The van der Waals surface area contributed by atoms with Crippen LogP contribution in [0, 0.1) is 0 Å². The van der Waals surface area contributed by atoms with Crippen LogP contribution in [0.5, 0.6) is 0 Å². The Labute approximate surface area is 216 Å². The van der Waals surface area contributed by atoms with E-state index in [0.29, 0.717) is 37.7 Å². The molecule has 1 aliphatic rings. The van der Waals surface area contributed by atoms with Crippen LogP contribution in [0.15, 0.2) is 30.3 Å². The number of aliphatic hydroxyl groups is 2. The van der Waals surface area contributed by atoms with Gasteiger partial charge in [-0.2, -0.15) is 13.2 Å². The predicted octanol–water partition coefficient (Wildman–Crippen LogP) is 4.19. The van der Waals surface area contributed by atoms with Crippen LogP contribution < -0.4 is 5.32 Å². The number of halogens is 5. The van der Waals surface area contributed by atoms with Crippen molar-refractivity contribution in [1.29, 1.82) is 0 Å². The summed E-state index contributed by atoms with van der Waals surface area (Å²) in [6, 6.07) is 8.26. The minimum absolute atomic E-state index is 0.0345. The molecule has 3 aromatic rings. The summed E-state index contributed by atoms with van der Waals surface area (Å²) in [6.45, 7) is 2.96. The van der Waals surface area contributed by atoms with Gasteiger partial charge in [-0.3, -0.25) is 9.80 Å². The van der Waals surface area contributed by atoms with E-state index in [1.807, 2.05) is 23.1 Å². The molecule has 196 valence electrons. The van der Waals surface area contributed by atoms with Crippen LogP contribution in [0.25, 0.3) is 10.9 Å². The number of H-pyrrole nitrogens is 1. The van der Waals surface area contributed by atoms with Crippen LogP contribution in [-0.2, 0) is 12.6 Å². The number of nitrogens with one attached hydrogen (secondary N) is 2. The molecule has 0 fully saturated rings. The topological polar surface area (TPSA) is 87.7 Å². The van der Waals surface area contributed by atoms with E-state index < -0.39 is 16.9 Å². The third kappa shape index (κ3) is 6.07. The van der Waals surface area contributed by atoms with Gasteiger partial charge in [0, 0.05) is 60.9 Å². The maximum absolute atomic E-state index is 13.2. The van der Waals surface area contributed by atoms with Crippen molar-refractivity contribution in [2.45, 2.75) is 18.6 Å². The third-order valence-corrected chi connectivity index (χ3v) is 6.95. The maximum Gasteiger partial charge on any atom is 0.434 e. The number of anilines is 1. The number of aliphatic hydroxyl groups excluding tert-OH is 2. The van der Waals surface area contributed by atoms with E-state index in [0.717, 1.165) is 29.6 Å². The molecule has 0 radical (unpaired) electrons. The van der Waals surface area contributed by atoms with Crippen LogP contribution in [0.1, 0.15) is 23.0 Å². The van der Waals surface area contributed by atoms with Gasteiger partial charge in [0.15, 0.2) is 5.69 Å². The highest BCUT2D eigenvalue weighted by Gasteiger charge is 2.36. The quantitative estimate of drug-likeness (QED) is 0.305. The lowest BCUT2D eigenvalue weighted by atomic mass is 9.96. The van der Waals surface area contributed by atoms with E-state index in [4.69, 9.17) is 23.2 Å². The first-order chi connectivity index (χ1) is 17.2. The fourth-order valence-electron chi connectivity index (χ4n) is 4.75. The summed E-state index contributed by atoms with van der Waals surface area (Å²) < 4.78 is 39.5. The molecule has 4 rings (SSSR count). The largest absolute Gasteiger partial charge is 0.434 e. The fraction of sp³-hybridized carbons (Fsp3) is 0.458. The van der Waals surface area contributed by atoms with Crippen molar-refractivity contribution in [3.8, 4) is 0 Å². The smallest absolute Gasteiger partial charge is 0.395 e. The monoisotopic (exact) mass is 545 g/mol.